The molecule has 1 aliphatic carbocycles. The fraction of sp³-hybridized carbons (Fsp3) is 0.333. The van der Waals surface area contributed by atoms with E-state index in [4.69, 9.17) is 16.3 Å². The molecule has 0 spiro atoms. The third-order valence-electron chi connectivity index (χ3n) is 4.21. The molecule has 1 aromatic heterocycles. The van der Waals surface area contributed by atoms with Crippen LogP contribution >= 0.6 is 11.6 Å². The van der Waals surface area contributed by atoms with Crippen LogP contribution in [0, 0.1) is 5.92 Å². The van der Waals surface area contributed by atoms with Crippen LogP contribution in [-0.2, 0) is 0 Å². The van der Waals surface area contributed by atoms with E-state index in [1.165, 1.54) is 0 Å². The lowest BCUT2D eigenvalue weighted by molar-refractivity contribution is 0.0936. The van der Waals surface area contributed by atoms with Crippen LogP contribution < -0.4 is 10.1 Å². The van der Waals surface area contributed by atoms with Crippen LogP contribution in [0.2, 0.25) is 5.02 Å². The summed E-state index contributed by atoms with van der Waals surface area (Å²) in [6.45, 7) is 0.180. The standard InChI is InChI=1S/C18H19ClN2O3/c19-16-10-13(18(23)21-14-3-1-12(9-14)11-22)2-4-17(16)24-15-5-7-20-8-6-15/h2,4-8,10,12,14,22H,1,3,9,11H2,(H,21,23)/t12-,14+/m1/s1. The van der Waals surface area contributed by atoms with Gasteiger partial charge in [-0.3, -0.25) is 9.78 Å². The Morgan fingerprint density at radius 3 is 2.75 bits per heavy atom. The number of carbonyl (C=O) groups excluding carboxylic acids is 1. The topological polar surface area (TPSA) is 71.5 Å². The van der Waals surface area contributed by atoms with Gasteiger partial charge in [0.1, 0.15) is 11.5 Å². The number of aliphatic hydroxyl groups excluding tert-OH is 1. The summed E-state index contributed by atoms with van der Waals surface area (Å²) in [5.41, 5.74) is 0.495. The van der Waals surface area contributed by atoms with Crippen LogP contribution in [0.1, 0.15) is 29.6 Å². The lowest BCUT2D eigenvalue weighted by atomic mass is 10.1. The molecule has 2 atom stereocenters. The number of aromatic nitrogens is 1. The van der Waals surface area contributed by atoms with E-state index in [2.05, 4.69) is 10.3 Å². The number of rotatable bonds is 5. The molecule has 1 heterocycles. The fourth-order valence-corrected chi connectivity index (χ4v) is 3.12. The number of ether oxygens (including phenoxy) is 1. The van der Waals surface area contributed by atoms with Crippen LogP contribution in [-0.4, -0.2) is 28.6 Å². The lowest BCUT2D eigenvalue weighted by Gasteiger charge is -2.14. The molecule has 0 aliphatic heterocycles. The minimum absolute atomic E-state index is 0.112. The van der Waals surface area contributed by atoms with Gasteiger partial charge in [0.2, 0.25) is 0 Å². The first kappa shape index (κ1) is 16.7. The summed E-state index contributed by atoms with van der Waals surface area (Å²) in [4.78, 5) is 16.3. The van der Waals surface area contributed by atoms with Gasteiger partial charge in [-0.15, -0.1) is 0 Å². The quantitative estimate of drug-likeness (QED) is 0.870. The highest BCUT2D eigenvalue weighted by molar-refractivity contribution is 6.32. The van der Waals surface area contributed by atoms with E-state index in [-0.39, 0.29) is 24.5 Å². The number of amides is 1. The summed E-state index contributed by atoms with van der Waals surface area (Å²) in [6, 6.07) is 8.55. The van der Waals surface area contributed by atoms with Crippen LogP contribution in [0.15, 0.2) is 42.7 Å². The van der Waals surface area contributed by atoms with Crippen molar-refractivity contribution in [1.29, 1.82) is 0 Å². The number of hydrogen-bond acceptors (Lipinski definition) is 4. The summed E-state index contributed by atoms with van der Waals surface area (Å²) in [6.07, 6.45) is 5.92. The summed E-state index contributed by atoms with van der Waals surface area (Å²) >= 11 is 6.23. The van der Waals surface area contributed by atoms with Gasteiger partial charge in [0.15, 0.2) is 0 Å². The van der Waals surface area contributed by atoms with E-state index in [9.17, 15) is 9.90 Å². The van der Waals surface area contributed by atoms with Gasteiger partial charge >= 0.3 is 0 Å². The van der Waals surface area contributed by atoms with Crippen LogP contribution in [0.25, 0.3) is 0 Å². The molecule has 1 aromatic carbocycles. The van der Waals surface area contributed by atoms with E-state index >= 15 is 0 Å². The van der Waals surface area contributed by atoms with Crippen molar-refractivity contribution in [3.8, 4) is 11.5 Å². The minimum Gasteiger partial charge on any atom is -0.456 e. The maximum Gasteiger partial charge on any atom is 0.251 e. The van der Waals surface area contributed by atoms with Gasteiger partial charge in [0.05, 0.1) is 5.02 Å². The summed E-state index contributed by atoms with van der Waals surface area (Å²) < 4.78 is 5.67. The second-order valence-corrected chi connectivity index (χ2v) is 6.37. The zero-order valence-electron chi connectivity index (χ0n) is 13.1. The molecule has 1 saturated carbocycles. The molecule has 1 fully saturated rings. The maximum absolute atomic E-state index is 12.3. The monoisotopic (exact) mass is 346 g/mol. The number of nitrogens with zero attached hydrogens (tertiary/aromatic N) is 1. The highest BCUT2D eigenvalue weighted by Gasteiger charge is 2.25. The normalized spacial score (nSPS) is 19.9. The average Bonchev–Trinajstić information content (AvgIpc) is 3.05. The van der Waals surface area contributed by atoms with Gasteiger partial charge in [0, 0.05) is 30.6 Å². The van der Waals surface area contributed by atoms with Crippen molar-refractivity contribution < 1.29 is 14.6 Å². The molecule has 2 aromatic rings. The van der Waals surface area contributed by atoms with Gasteiger partial charge in [-0.2, -0.15) is 0 Å². The van der Waals surface area contributed by atoms with Crippen molar-refractivity contribution in [2.24, 2.45) is 5.92 Å². The van der Waals surface area contributed by atoms with Crippen molar-refractivity contribution in [3.05, 3.63) is 53.3 Å². The Hall–Kier alpha value is -2.11. The Kier molecular flexibility index (Phi) is 5.33. The highest BCUT2D eigenvalue weighted by atomic mass is 35.5. The van der Waals surface area contributed by atoms with Crippen LogP contribution in [0.5, 0.6) is 11.5 Å². The van der Waals surface area contributed by atoms with Crippen LogP contribution in [0.3, 0.4) is 0 Å². The Morgan fingerprint density at radius 2 is 2.08 bits per heavy atom. The molecule has 0 radical (unpaired) electrons. The SMILES string of the molecule is O=C(N[C@H]1CC[C@@H](CO)C1)c1ccc(Oc2ccncc2)c(Cl)c1. The highest BCUT2D eigenvalue weighted by Crippen LogP contribution is 2.30. The number of benzene rings is 1. The third kappa shape index (κ3) is 4.04. The maximum atomic E-state index is 12.3. The van der Waals surface area contributed by atoms with Crippen molar-refractivity contribution in [1.82, 2.24) is 10.3 Å². The molecule has 24 heavy (non-hydrogen) atoms. The Bertz CT molecular complexity index is 709. The molecule has 0 saturated heterocycles. The van der Waals surface area contributed by atoms with Crippen molar-refractivity contribution in [2.45, 2.75) is 25.3 Å². The second kappa shape index (κ2) is 7.64. The largest absolute Gasteiger partial charge is 0.456 e. The van der Waals surface area contributed by atoms with E-state index in [0.29, 0.717) is 22.1 Å². The number of pyridine rings is 1. The Morgan fingerprint density at radius 1 is 1.29 bits per heavy atom. The van der Waals surface area contributed by atoms with E-state index in [0.717, 1.165) is 19.3 Å². The Labute approximate surface area is 145 Å². The Balaban J connectivity index is 1.64. The minimum atomic E-state index is -0.157. The molecule has 2 N–H and O–H groups in total. The van der Waals surface area contributed by atoms with Gasteiger partial charge < -0.3 is 15.2 Å². The predicted molar refractivity (Wildman–Crippen MR) is 91.4 cm³/mol. The zero-order chi connectivity index (χ0) is 16.9. The molecule has 6 heteroatoms. The van der Waals surface area contributed by atoms with Crippen molar-refractivity contribution in [3.63, 3.8) is 0 Å². The van der Waals surface area contributed by atoms with Crippen molar-refractivity contribution >= 4 is 17.5 Å². The number of halogens is 1. The van der Waals surface area contributed by atoms with E-state index in [1.54, 1.807) is 42.7 Å². The van der Waals surface area contributed by atoms with Gasteiger partial charge in [-0.05, 0) is 55.5 Å². The average molecular weight is 347 g/mol. The number of nitrogens with one attached hydrogen (secondary N) is 1. The molecule has 1 aliphatic rings. The number of aliphatic hydroxyl groups is 1. The molecule has 0 bridgehead atoms. The molecular weight excluding hydrogens is 328 g/mol. The first-order valence-corrected chi connectivity index (χ1v) is 8.32. The molecular formula is C18H19ClN2O3. The molecule has 126 valence electrons. The summed E-state index contributed by atoms with van der Waals surface area (Å²) in [7, 11) is 0. The molecule has 3 rings (SSSR count). The predicted octanol–water partition coefficient (Wildman–Crippen LogP) is 3.42. The second-order valence-electron chi connectivity index (χ2n) is 5.96. The zero-order valence-corrected chi connectivity index (χ0v) is 13.9. The first-order chi connectivity index (χ1) is 11.7. The summed E-state index contributed by atoms with van der Waals surface area (Å²) in [5.74, 6) is 1.25. The number of carbonyl (C=O) groups is 1. The molecule has 0 unspecified atom stereocenters. The molecule has 5 nitrogen and oxygen atoms in total. The summed E-state index contributed by atoms with van der Waals surface area (Å²) in [5, 5.41) is 12.5. The van der Waals surface area contributed by atoms with Crippen LogP contribution in [0.4, 0.5) is 0 Å². The van der Waals surface area contributed by atoms with Crippen molar-refractivity contribution in [2.75, 3.05) is 6.61 Å². The smallest absolute Gasteiger partial charge is 0.251 e. The van der Waals surface area contributed by atoms with E-state index in [1.807, 2.05) is 0 Å². The van der Waals surface area contributed by atoms with Gasteiger partial charge in [-0.25, -0.2) is 0 Å². The number of hydrogen-bond donors (Lipinski definition) is 2. The molecule has 1 amide bonds. The van der Waals surface area contributed by atoms with Gasteiger partial charge in [0.25, 0.3) is 5.91 Å². The lowest BCUT2D eigenvalue weighted by Crippen LogP contribution is -2.33. The first-order valence-electron chi connectivity index (χ1n) is 7.95. The van der Waals surface area contributed by atoms with Gasteiger partial charge in [-0.1, -0.05) is 11.6 Å². The van der Waals surface area contributed by atoms with E-state index < -0.39 is 0 Å². The third-order valence-corrected chi connectivity index (χ3v) is 4.50. The fourth-order valence-electron chi connectivity index (χ4n) is 2.90.